The number of para-hydroxylation sites is 2. The third-order valence-electron chi connectivity index (χ3n) is 10.3. The highest BCUT2D eigenvalue weighted by atomic mass is 79.9. The van der Waals surface area contributed by atoms with Gasteiger partial charge in [-0.25, -0.2) is 4.90 Å². The third-order valence-corrected chi connectivity index (χ3v) is 12.0. The van der Waals surface area contributed by atoms with Crippen LogP contribution in [0.3, 0.4) is 0 Å². The summed E-state index contributed by atoms with van der Waals surface area (Å²) < 4.78 is 4.86. The van der Waals surface area contributed by atoms with Crippen molar-refractivity contribution in [3.8, 4) is 11.3 Å². The summed E-state index contributed by atoms with van der Waals surface area (Å²) in [6.45, 7) is 3.55. The number of anilines is 3. The minimum atomic E-state index is 0.727. The van der Waals surface area contributed by atoms with E-state index in [1.165, 1.54) is 42.9 Å². The number of aromatic nitrogens is 2. The van der Waals surface area contributed by atoms with Gasteiger partial charge in [0.05, 0.1) is 26.9 Å². The molecule has 0 aliphatic carbocycles. The first-order chi connectivity index (χ1) is 26.5. The number of thioether (sulfide) groups is 1. The fourth-order valence-electron chi connectivity index (χ4n) is 7.66. The Hall–Kier alpha value is -5.15. The lowest BCUT2D eigenvalue weighted by Crippen LogP contribution is -2.47. The van der Waals surface area contributed by atoms with Crippen molar-refractivity contribution in [2.75, 3.05) is 41.8 Å². The molecule has 0 spiro atoms. The molecule has 3 heterocycles. The Morgan fingerprint density at radius 3 is 2.31 bits per heavy atom. The number of fused-ring (bicyclic) bond motifs is 5. The Kier molecular flexibility index (Phi) is 10.7. The quantitative estimate of drug-likeness (QED) is 0.0559. The van der Waals surface area contributed by atoms with E-state index in [1.54, 1.807) is 0 Å². The molecule has 0 radical (unpaired) electrons. The number of pyridine rings is 2. The van der Waals surface area contributed by atoms with Gasteiger partial charge in [0.25, 0.3) is 0 Å². The SMILES string of the molecule is CN1/C(=C/C=C/c2cc[n+](CCCN(CCCBr)C[n+]3c(-c4ccccc4)c4cc(N)ccc4c4ccc(N)cc43)c3ccccc23)Sc2ccccc21. The van der Waals surface area contributed by atoms with E-state index in [4.69, 9.17) is 11.5 Å². The van der Waals surface area contributed by atoms with Crippen LogP contribution in [-0.4, -0.2) is 30.4 Å². The number of hydrogen-bond acceptors (Lipinski definition) is 5. The third kappa shape index (κ3) is 7.34. The van der Waals surface area contributed by atoms with E-state index in [2.05, 4.69) is 176 Å². The van der Waals surface area contributed by atoms with E-state index in [-0.39, 0.29) is 0 Å². The van der Waals surface area contributed by atoms with E-state index < -0.39 is 0 Å². The van der Waals surface area contributed by atoms with E-state index in [1.807, 2.05) is 23.9 Å². The maximum Gasteiger partial charge on any atom is 0.222 e. The highest BCUT2D eigenvalue weighted by Crippen LogP contribution is 2.44. The van der Waals surface area contributed by atoms with Crippen molar-refractivity contribution < 1.29 is 9.13 Å². The van der Waals surface area contributed by atoms with Crippen LogP contribution < -0.4 is 25.5 Å². The lowest BCUT2D eigenvalue weighted by Gasteiger charge is -2.21. The number of hydrogen-bond donors (Lipinski definition) is 2. The fraction of sp³-hybridized carbons (Fsp3) is 0.174. The van der Waals surface area contributed by atoms with Gasteiger partial charge in [-0.05, 0) is 72.7 Å². The summed E-state index contributed by atoms with van der Waals surface area (Å²) in [5, 5.41) is 6.93. The molecule has 0 unspecified atom stereocenters. The second-order valence-electron chi connectivity index (χ2n) is 13.9. The van der Waals surface area contributed by atoms with E-state index in [9.17, 15) is 0 Å². The zero-order chi connectivity index (χ0) is 37.0. The molecule has 0 atom stereocenters. The largest absolute Gasteiger partial charge is 0.399 e. The lowest BCUT2D eigenvalue weighted by molar-refractivity contribution is -0.682. The Bertz CT molecular complexity index is 2530. The zero-order valence-corrected chi connectivity index (χ0v) is 32.9. The predicted octanol–water partition coefficient (Wildman–Crippen LogP) is 9.78. The minimum Gasteiger partial charge on any atom is -0.399 e. The normalized spacial score (nSPS) is 13.7. The van der Waals surface area contributed by atoms with Gasteiger partial charge in [-0.1, -0.05) is 88.4 Å². The number of nitrogens with zero attached hydrogens (tertiary/aromatic N) is 4. The summed E-state index contributed by atoms with van der Waals surface area (Å²) in [7, 11) is 2.14. The second kappa shape index (κ2) is 16.1. The summed E-state index contributed by atoms with van der Waals surface area (Å²) in [4.78, 5) is 6.14. The van der Waals surface area contributed by atoms with Crippen LogP contribution in [0.25, 0.3) is 49.9 Å². The Balaban J connectivity index is 1.07. The Morgan fingerprint density at radius 1 is 0.741 bits per heavy atom. The molecule has 1 aliphatic rings. The van der Waals surface area contributed by atoms with Crippen molar-refractivity contribution in [3.05, 3.63) is 150 Å². The summed E-state index contributed by atoms with van der Waals surface area (Å²) in [5.74, 6) is 0. The number of nitrogen functional groups attached to an aromatic ring is 2. The van der Waals surface area contributed by atoms with Crippen LogP contribution in [0, 0.1) is 0 Å². The zero-order valence-electron chi connectivity index (χ0n) is 30.5. The molecule has 0 saturated heterocycles. The van der Waals surface area contributed by atoms with Gasteiger partial charge in [0, 0.05) is 77.3 Å². The van der Waals surface area contributed by atoms with Crippen LogP contribution in [0.15, 0.2) is 150 Å². The summed E-state index contributed by atoms with van der Waals surface area (Å²) in [5.41, 5.74) is 21.6. The highest BCUT2D eigenvalue weighted by molar-refractivity contribution is 9.09. The van der Waals surface area contributed by atoms with Crippen LogP contribution in [0.5, 0.6) is 0 Å². The van der Waals surface area contributed by atoms with Gasteiger partial charge in [0.1, 0.15) is 6.54 Å². The Morgan fingerprint density at radius 2 is 1.48 bits per heavy atom. The van der Waals surface area contributed by atoms with E-state index in [0.717, 1.165) is 78.0 Å². The van der Waals surface area contributed by atoms with Crippen molar-refractivity contribution >= 4 is 83.4 Å². The molecule has 0 amide bonds. The number of rotatable bonds is 12. The number of aryl methyl sites for hydroxylation is 1. The smallest absolute Gasteiger partial charge is 0.222 e. The maximum atomic E-state index is 6.47. The molecule has 8 heteroatoms. The average Bonchev–Trinajstić information content (AvgIpc) is 3.52. The first-order valence-electron chi connectivity index (χ1n) is 18.6. The molecule has 1 aliphatic heterocycles. The first-order valence-corrected chi connectivity index (χ1v) is 20.5. The van der Waals surface area contributed by atoms with Gasteiger partial charge in [0.2, 0.25) is 23.4 Å². The monoisotopic (exact) mass is 792 g/mol. The molecule has 5 aromatic carbocycles. The van der Waals surface area contributed by atoms with E-state index >= 15 is 0 Å². The van der Waals surface area contributed by atoms with Gasteiger partial charge in [-0.15, -0.1) is 0 Å². The molecule has 0 saturated carbocycles. The van der Waals surface area contributed by atoms with Gasteiger partial charge < -0.3 is 16.4 Å². The van der Waals surface area contributed by atoms with Crippen molar-refractivity contribution in [3.63, 3.8) is 0 Å². The molecule has 0 fully saturated rings. The van der Waals surface area contributed by atoms with Gasteiger partial charge in [0.15, 0.2) is 6.20 Å². The van der Waals surface area contributed by atoms with E-state index in [0.29, 0.717) is 0 Å². The van der Waals surface area contributed by atoms with Crippen LogP contribution in [-0.2, 0) is 13.2 Å². The Labute approximate surface area is 330 Å². The van der Waals surface area contributed by atoms with Gasteiger partial charge in [-0.2, -0.15) is 9.13 Å². The molecule has 2 aromatic heterocycles. The minimum absolute atomic E-state index is 0.727. The molecule has 8 rings (SSSR count). The van der Waals surface area contributed by atoms with Crippen molar-refractivity contribution in [2.24, 2.45) is 0 Å². The van der Waals surface area contributed by atoms with Crippen molar-refractivity contribution in [1.29, 1.82) is 0 Å². The molecular formula is C46H45BrN6S+2. The molecule has 4 N–H and O–H groups in total. The predicted molar refractivity (Wildman–Crippen MR) is 232 cm³/mol. The van der Waals surface area contributed by atoms with Crippen LogP contribution in [0.1, 0.15) is 18.4 Å². The number of benzene rings is 5. The molecule has 6 nitrogen and oxygen atoms in total. The van der Waals surface area contributed by atoms with Crippen molar-refractivity contribution in [1.82, 2.24) is 4.90 Å². The van der Waals surface area contributed by atoms with Gasteiger partial charge >= 0.3 is 0 Å². The lowest BCUT2D eigenvalue weighted by atomic mass is 9.98. The molecule has 270 valence electrons. The summed E-state index contributed by atoms with van der Waals surface area (Å²) in [6, 6.07) is 42.8. The van der Waals surface area contributed by atoms with Crippen LogP contribution >= 0.6 is 27.7 Å². The molecule has 7 aromatic rings. The molecular weight excluding hydrogens is 749 g/mol. The first kappa shape index (κ1) is 35.9. The topological polar surface area (TPSA) is 66.3 Å². The van der Waals surface area contributed by atoms with Crippen LogP contribution in [0.2, 0.25) is 0 Å². The summed E-state index contributed by atoms with van der Waals surface area (Å²) in [6.07, 6.45) is 10.9. The summed E-state index contributed by atoms with van der Waals surface area (Å²) >= 11 is 5.53. The van der Waals surface area contributed by atoms with Crippen molar-refractivity contribution in [2.45, 2.75) is 31.0 Å². The van der Waals surface area contributed by atoms with Gasteiger partial charge in [-0.3, -0.25) is 0 Å². The number of nitrogens with two attached hydrogens (primary N) is 2. The van der Waals surface area contributed by atoms with Crippen LogP contribution in [0.4, 0.5) is 17.1 Å². The highest BCUT2D eigenvalue weighted by Gasteiger charge is 2.26. The fourth-order valence-corrected chi connectivity index (χ4v) is 8.98. The standard InChI is InChI=1S/C46H44BrN6S/c1-50-42-17-7-8-18-44(42)54-45(50)19-9-14-33-24-29-52(41-16-6-5-15-37(33)41)28-11-27-51(26-10-25-47)32-53-43-31-36(49)21-23-39(43)38-22-20-35(48)30-40(38)46(53)34-12-3-2-4-13-34/h2-9,12-24,29-31,49H,10-11,25-28,32,48H2,1H3/q+1/p+1. The maximum absolute atomic E-state index is 6.47. The number of alkyl halides is 1. The molecule has 54 heavy (non-hydrogen) atoms. The molecule has 0 bridgehead atoms. The average molecular weight is 794 g/mol. The number of allylic oxidation sites excluding steroid dienone is 2. The second-order valence-corrected chi connectivity index (χ2v) is 15.7. The number of halogens is 1.